The molecule has 2 N–H and O–H groups in total. The van der Waals surface area contributed by atoms with E-state index in [1.165, 1.54) is 14.2 Å². The van der Waals surface area contributed by atoms with E-state index in [0.717, 1.165) is 0 Å². The van der Waals surface area contributed by atoms with E-state index in [4.69, 9.17) is 14.2 Å². The number of nitrogens with one attached hydrogen (secondary N) is 1. The highest BCUT2D eigenvalue weighted by Crippen LogP contribution is 2.24. The maximum atomic E-state index is 12.0. The smallest absolute Gasteiger partial charge is 0.255 e. The van der Waals surface area contributed by atoms with E-state index < -0.39 is 6.10 Å². The van der Waals surface area contributed by atoms with Crippen molar-refractivity contribution in [3.8, 4) is 11.5 Å². The molecule has 112 valence electrons. The molecule has 0 aromatic heterocycles. The summed E-state index contributed by atoms with van der Waals surface area (Å²) in [4.78, 5) is 12.0. The van der Waals surface area contributed by atoms with Gasteiger partial charge in [0.05, 0.1) is 32.5 Å². The van der Waals surface area contributed by atoms with Gasteiger partial charge in [-0.05, 0) is 18.6 Å². The first kappa shape index (κ1) is 16.3. The molecule has 0 aliphatic rings. The summed E-state index contributed by atoms with van der Waals surface area (Å²) in [6.07, 6.45) is -0.157. The van der Waals surface area contributed by atoms with Crippen molar-refractivity contribution in [1.29, 1.82) is 0 Å². The third kappa shape index (κ3) is 4.71. The van der Waals surface area contributed by atoms with Crippen LogP contribution in [-0.4, -0.2) is 51.6 Å². The maximum absolute atomic E-state index is 12.0. The first-order chi connectivity index (χ1) is 9.62. The number of benzene rings is 1. The van der Waals surface area contributed by atoms with E-state index in [2.05, 4.69) is 5.32 Å². The van der Waals surface area contributed by atoms with E-state index in [-0.39, 0.29) is 12.5 Å². The van der Waals surface area contributed by atoms with E-state index in [9.17, 15) is 9.90 Å². The molecular formula is C14H21NO5. The molecule has 20 heavy (non-hydrogen) atoms. The Hall–Kier alpha value is -1.79. The third-order valence-corrected chi connectivity index (χ3v) is 2.78. The maximum Gasteiger partial charge on any atom is 0.255 e. The van der Waals surface area contributed by atoms with Crippen molar-refractivity contribution in [2.45, 2.75) is 12.5 Å². The van der Waals surface area contributed by atoms with Crippen LogP contribution in [0.15, 0.2) is 18.2 Å². The van der Waals surface area contributed by atoms with Crippen molar-refractivity contribution in [3.63, 3.8) is 0 Å². The van der Waals surface area contributed by atoms with Gasteiger partial charge in [-0.1, -0.05) is 0 Å². The fraction of sp³-hybridized carbons (Fsp3) is 0.500. The van der Waals surface area contributed by atoms with Crippen LogP contribution in [0.4, 0.5) is 0 Å². The highest BCUT2D eigenvalue weighted by Gasteiger charge is 2.13. The second-order valence-electron chi connectivity index (χ2n) is 4.22. The predicted molar refractivity (Wildman–Crippen MR) is 74.4 cm³/mol. The molecule has 0 spiro atoms. The molecule has 1 amide bonds. The molecule has 0 bridgehead atoms. The average Bonchev–Trinajstić information content (AvgIpc) is 2.46. The lowest BCUT2D eigenvalue weighted by Gasteiger charge is -2.12. The number of hydrogen-bond acceptors (Lipinski definition) is 5. The molecule has 0 aliphatic heterocycles. The molecule has 0 saturated heterocycles. The van der Waals surface area contributed by atoms with Gasteiger partial charge in [0, 0.05) is 19.7 Å². The molecule has 0 saturated carbocycles. The molecule has 1 rings (SSSR count). The van der Waals surface area contributed by atoms with Crippen LogP contribution in [-0.2, 0) is 4.74 Å². The van der Waals surface area contributed by atoms with Crippen molar-refractivity contribution in [1.82, 2.24) is 5.32 Å². The molecule has 1 atom stereocenters. The second-order valence-corrected chi connectivity index (χ2v) is 4.22. The summed E-state index contributed by atoms with van der Waals surface area (Å²) in [6.45, 7) is 0.611. The minimum absolute atomic E-state index is 0.252. The van der Waals surface area contributed by atoms with Crippen molar-refractivity contribution in [3.05, 3.63) is 23.8 Å². The van der Waals surface area contributed by atoms with Crippen LogP contribution in [0, 0.1) is 0 Å². The van der Waals surface area contributed by atoms with Crippen molar-refractivity contribution in [2.24, 2.45) is 0 Å². The van der Waals surface area contributed by atoms with Gasteiger partial charge in [0.1, 0.15) is 11.5 Å². The molecule has 0 fully saturated rings. The first-order valence-electron chi connectivity index (χ1n) is 6.29. The Kier molecular flexibility index (Phi) is 6.83. The Morgan fingerprint density at radius 1 is 1.30 bits per heavy atom. The highest BCUT2D eigenvalue weighted by atomic mass is 16.5. The fourth-order valence-corrected chi connectivity index (χ4v) is 1.71. The number of aliphatic hydroxyl groups is 1. The van der Waals surface area contributed by atoms with Crippen molar-refractivity contribution in [2.75, 3.05) is 34.5 Å². The van der Waals surface area contributed by atoms with Crippen molar-refractivity contribution < 1.29 is 24.1 Å². The number of aliphatic hydroxyl groups excluding tert-OH is 1. The summed E-state index contributed by atoms with van der Waals surface area (Å²) >= 11 is 0. The van der Waals surface area contributed by atoms with Gasteiger partial charge >= 0.3 is 0 Å². The molecule has 0 heterocycles. The monoisotopic (exact) mass is 283 g/mol. The van der Waals surface area contributed by atoms with E-state index >= 15 is 0 Å². The average molecular weight is 283 g/mol. The van der Waals surface area contributed by atoms with Crippen LogP contribution in [0.5, 0.6) is 11.5 Å². The van der Waals surface area contributed by atoms with Crippen LogP contribution < -0.4 is 14.8 Å². The number of ether oxygens (including phenoxy) is 3. The SMILES string of the molecule is COCC(O)CCNC(=O)c1ccc(OC)cc1OC. The topological polar surface area (TPSA) is 77.0 Å². The lowest BCUT2D eigenvalue weighted by Crippen LogP contribution is -2.28. The van der Waals surface area contributed by atoms with Crippen LogP contribution in [0.2, 0.25) is 0 Å². The number of amides is 1. The number of hydrogen-bond donors (Lipinski definition) is 2. The third-order valence-electron chi connectivity index (χ3n) is 2.78. The second kappa shape index (κ2) is 8.39. The number of carbonyl (C=O) groups excluding carboxylic acids is 1. The zero-order valence-corrected chi connectivity index (χ0v) is 12.0. The van der Waals surface area contributed by atoms with Gasteiger partial charge in [-0.25, -0.2) is 0 Å². The molecule has 1 unspecified atom stereocenters. The zero-order chi connectivity index (χ0) is 15.0. The summed E-state index contributed by atoms with van der Waals surface area (Å²) in [7, 11) is 4.56. The van der Waals surface area contributed by atoms with Crippen LogP contribution in [0.25, 0.3) is 0 Å². The Morgan fingerprint density at radius 3 is 2.65 bits per heavy atom. The standard InChI is InChI=1S/C14H21NO5/c1-18-9-10(16)6-7-15-14(17)12-5-4-11(19-2)8-13(12)20-3/h4-5,8,10,16H,6-7,9H2,1-3H3,(H,15,17). The molecule has 0 aliphatic carbocycles. The van der Waals surface area contributed by atoms with Crippen LogP contribution in [0.1, 0.15) is 16.8 Å². The Morgan fingerprint density at radius 2 is 2.05 bits per heavy atom. The fourth-order valence-electron chi connectivity index (χ4n) is 1.71. The summed E-state index contributed by atoms with van der Waals surface area (Å²) < 4.78 is 15.0. The minimum atomic E-state index is -0.585. The first-order valence-corrected chi connectivity index (χ1v) is 6.29. The summed E-state index contributed by atoms with van der Waals surface area (Å²) in [5.74, 6) is 0.808. The molecule has 0 radical (unpaired) electrons. The lowest BCUT2D eigenvalue weighted by atomic mass is 10.1. The summed E-state index contributed by atoms with van der Waals surface area (Å²) in [6, 6.07) is 4.98. The van der Waals surface area contributed by atoms with Gasteiger partial charge in [0.2, 0.25) is 0 Å². The number of rotatable bonds is 8. The van der Waals surface area contributed by atoms with E-state index in [1.807, 2.05) is 0 Å². The molecule has 1 aromatic rings. The van der Waals surface area contributed by atoms with Gasteiger partial charge in [0.15, 0.2) is 0 Å². The van der Waals surface area contributed by atoms with E-state index in [1.54, 1.807) is 25.3 Å². The molecule has 6 heteroatoms. The summed E-state index contributed by atoms with van der Waals surface area (Å²) in [5, 5.41) is 12.2. The zero-order valence-electron chi connectivity index (χ0n) is 12.0. The normalized spacial score (nSPS) is 11.8. The van der Waals surface area contributed by atoms with Gasteiger partial charge in [0.25, 0.3) is 5.91 Å². The lowest BCUT2D eigenvalue weighted by molar-refractivity contribution is 0.0587. The quantitative estimate of drug-likeness (QED) is 0.739. The predicted octanol–water partition coefficient (Wildman–Crippen LogP) is 0.831. The molecule has 6 nitrogen and oxygen atoms in total. The Labute approximate surface area is 118 Å². The Bertz CT molecular complexity index is 436. The number of carbonyl (C=O) groups is 1. The van der Waals surface area contributed by atoms with Crippen LogP contribution >= 0.6 is 0 Å². The van der Waals surface area contributed by atoms with Crippen LogP contribution in [0.3, 0.4) is 0 Å². The van der Waals surface area contributed by atoms with Gasteiger partial charge < -0.3 is 24.6 Å². The van der Waals surface area contributed by atoms with Gasteiger partial charge in [-0.15, -0.1) is 0 Å². The van der Waals surface area contributed by atoms with E-state index in [0.29, 0.717) is 30.0 Å². The van der Waals surface area contributed by atoms with Gasteiger partial charge in [-0.2, -0.15) is 0 Å². The largest absolute Gasteiger partial charge is 0.497 e. The summed E-state index contributed by atoms with van der Waals surface area (Å²) in [5.41, 5.74) is 0.425. The van der Waals surface area contributed by atoms with Crippen molar-refractivity contribution >= 4 is 5.91 Å². The number of methoxy groups -OCH3 is 3. The Balaban J connectivity index is 2.59. The molecule has 1 aromatic carbocycles. The highest BCUT2D eigenvalue weighted by molar-refractivity contribution is 5.97. The van der Waals surface area contributed by atoms with Gasteiger partial charge in [-0.3, -0.25) is 4.79 Å². The minimum Gasteiger partial charge on any atom is -0.497 e. The molecular weight excluding hydrogens is 262 g/mol.